The van der Waals surface area contributed by atoms with Gasteiger partial charge in [0.2, 0.25) is 0 Å². The fourth-order valence-corrected chi connectivity index (χ4v) is 1.64. The van der Waals surface area contributed by atoms with Crippen molar-refractivity contribution in [2.24, 2.45) is 0 Å². The van der Waals surface area contributed by atoms with Crippen LogP contribution >= 0.6 is 0 Å². The molecule has 88 valence electrons. The molecule has 0 aromatic heterocycles. The monoisotopic (exact) mass is 220 g/mol. The van der Waals surface area contributed by atoms with Crippen molar-refractivity contribution in [1.82, 2.24) is 0 Å². The second kappa shape index (κ2) is 5.69. The van der Waals surface area contributed by atoms with Gasteiger partial charge in [0.25, 0.3) is 0 Å². The molecule has 2 heteroatoms. The first-order chi connectivity index (χ1) is 7.52. The van der Waals surface area contributed by atoms with Crippen molar-refractivity contribution in [1.29, 1.82) is 0 Å². The minimum Gasteiger partial charge on any atom is -0.493 e. The summed E-state index contributed by atoms with van der Waals surface area (Å²) >= 11 is 0. The highest BCUT2D eigenvalue weighted by Crippen LogP contribution is 2.25. The van der Waals surface area contributed by atoms with E-state index in [1.54, 1.807) is 6.92 Å². The van der Waals surface area contributed by atoms with Crippen molar-refractivity contribution in [2.75, 3.05) is 6.61 Å². The Hall–Kier alpha value is -1.31. The molecule has 0 saturated heterocycles. The number of ketones is 1. The minimum absolute atomic E-state index is 0.223. The number of aryl methyl sites for hydroxylation is 2. The van der Waals surface area contributed by atoms with E-state index in [0.717, 1.165) is 17.7 Å². The fourth-order valence-electron chi connectivity index (χ4n) is 1.64. The lowest BCUT2D eigenvalue weighted by Crippen LogP contribution is -2.03. The molecule has 0 N–H and O–H groups in total. The molecule has 0 aliphatic carbocycles. The molecule has 0 saturated carbocycles. The Balaban J connectivity index is 2.60. The summed E-state index contributed by atoms with van der Waals surface area (Å²) < 4.78 is 5.75. The van der Waals surface area contributed by atoms with Gasteiger partial charge in [-0.05, 0) is 50.8 Å². The molecule has 0 aliphatic heterocycles. The predicted octanol–water partition coefficient (Wildman–Crippen LogP) is 3.36. The van der Waals surface area contributed by atoms with E-state index < -0.39 is 0 Å². The maximum Gasteiger partial charge on any atom is 0.129 e. The van der Waals surface area contributed by atoms with Crippen molar-refractivity contribution >= 4 is 5.78 Å². The quantitative estimate of drug-likeness (QED) is 0.711. The lowest BCUT2D eigenvalue weighted by molar-refractivity contribution is -0.117. The number of carbonyl (C=O) groups excluding carboxylic acids is 1. The number of hydrogen-bond donors (Lipinski definition) is 0. The maximum atomic E-state index is 10.8. The first kappa shape index (κ1) is 12.8. The highest BCUT2D eigenvalue weighted by Gasteiger charge is 2.06. The average molecular weight is 220 g/mol. The largest absolute Gasteiger partial charge is 0.493 e. The molecule has 0 fully saturated rings. The maximum absolute atomic E-state index is 10.8. The summed E-state index contributed by atoms with van der Waals surface area (Å²) in [5, 5.41) is 0. The second-order valence-corrected chi connectivity index (χ2v) is 4.31. The number of ether oxygens (including phenoxy) is 1. The van der Waals surface area contributed by atoms with Crippen LogP contribution < -0.4 is 4.74 Å². The summed E-state index contributed by atoms with van der Waals surface area (Å²) in [6.07, 6.45) is 1.39. The van der Waals surface area contributed by atoms with Crippen LogP contribution in [-0.2, 0) is 4.79 Å². The van der Waals surface area contributed by atoms with Gasteiger partial charge >= 0.3 is 0 Å². The zero-order valence-electron chi connectivity index (χ0n) is 10.6. The summed E-state index contributed by atoms with van der Waals surface area (Å²) in [7, 11) is 0. The van der Waals surface area contributed by atoms with E-state index in [1.165, 1.54) is 11.1 Å². The molecule has 0 aliphatic rings. The van der Waals surface area contributed by atoms with Gasteiger partial charge in [-0.1, -0.05) is 12.1 Å². The topological polar surface area (TPSA) is 26.3 Å². The molecule has 16 heavy (non-hydrogen) atoms. The van der Waals surface area contributed by atoms with Gasteiger partial charge in [-0.25, -0.2) is 0 Å². The van der Waals surface area contributed by atoms with Crippen LogP contribution in [0.3, 0.4) is 0 Å². The summed E-state index contributed by atoms with van der Waals surface area (Å²) in [6.45, 7) is 8.43. The molecule has 1 rings (SSSR count). The van der Waals surface area contributed by atoms with E-state index in [4.69, 9.17) is 4.74 Å². The molecule has 0 amide bonds. The summed E-state index contributed by atoms with van der Waals surface area (Å²) in [6, 6.07) is 4.18. The van der Waals surface area contributed by atoms with Crippen molar-refractivity contribution < 1.29 is 9.53 Å². The van der Waals surface area contributed by atoms with Crippen LogP contribution in [0, 0.1) is 20.8 Å². The standard InChI is InChI=1S/C14H20O2/c1-10-7-8-11(2)14(13(10)4)16-9-5-6-12(3)15/h7-8H,5-6,9H2,1-4H3. The van der Waals surface area contributed by atoms with Crippen molar-refractivity contribution in [3.05, 3.63) is 28.8 Å². The molecule has 0 unspecified atom stereocenters. The lowest BCUT2D eigenvalue weighted by atomic mass is 10.1. The van der Waals surface area contributed by atoms with Gasteiger partial charge in [-0.2, -0.15) is 0 Å². The van der Waals surface area contributed by atoms with E-state index in [0.29, 0.717) is 13.0 Å². The van der Waals surface area contributed by atoms with E-state index >= 15 is 0 Å². The normalized spacial score (nSPS) is 10.2. The minimum atomic E-state index is 0.223. The highest BCUT2D eigenvalue weighted by atomic mass is 16.5. The Morgan fingerprint density at radius 3 is 2.44 bits per heavy atom. The van der Waals surface area contributed by atoms with Gasteiger partial charge in [0.15, 0.2) is 0 Å². The van der Waals surface area contributed by atoms with Crippen LogP contribution in [0.2, 0.25) is 0 Å². The van der Waals surface area contributed by atoms with Gasteiger partial charge in [0.05, 0.1) is 6.61 Å². The number of rotatable bonds is 5. The second-order valence-electron chi connectivity index (χ2n) is 4.31. The number of Topliss-reactive ketones (excluding diaryl/α,β-unsaturated/α-hetero) is 1. The Labute approximate surface area is 97.6 Å². The number of carbonyl (C=O) groups is 1. The molecule has 0 radical (unpaired) electrons. The van der Waals surface area contributed by atoms with Crippen LogP contribution in [-0.4, -0.2) is 12.4 Å². The first-order valence-electron chi connectivity index (χ1n) is 5.71. The molecule has 1 aromatic carbocycles. The van der Waals surface area contributed by atoms with Gasteiger partial charge in [0, 0.05) is 6.42 Å². The van der Waals surface area contributed by atoms with Gasteiger partial charge in [0.1, 0.15) is 11.5 Å². The van der Waals surface area contributed by atoms with Gasteiger partial charge < -0.3 is 9.53 Å². The Morgan fingerprint density at radius 2 is 1.81 bits per heavy atom. The van der Waals surface area contributed by atoms with E-state index in [-0.39, 0.29) is 5.78 Å². The molecular weight excluding hydrogens is 200 g/mol. The molecular formula is C14H20O2. The van der Waals surface area contributed by atoms with E-state index in [1.807, 2.05) is 6.92 Å². The summed E-state index contributed by atoms with van der Waals surface area (Å²) in [5.74, 6) is 1.20. The zero-order chi connectivity index (χ0) is 12.1. The lowest BCUT2D eigenvalue weighted by Gasteiger charge is -2.13. The van der Waals surface area contributed by atoms with Crippen molar-refractivity contribution in [3.8, 4) is 5.75 Å². The fraction of sp³-hybridized carbons (Fsp3) is 0.500. The van der Waals surface area contributed by atoms with Gasteiger partial charge in [-0.3, -0.25) is 0 Å². The third kappa shape index (κ3) is 3.37. The van der Waals surface area contributed by atoms with Crippen LogP contribution in [0.4, 0.5) is 0 Å². The predicted molar refractivity (Wildman–Crippen MR) is 66.1 cm³/mol. The average Bonchev–Trinajstić information content (AvgIpc) is 2.22. The van der Waals surface area contributed by atoms with E-state index in [2.05, 4.69) is 26.0 Å². The van der Waals surface area contributed by atoms with Crippen LogP contribution in [0.25, 0.3) is 0 Å². The molecule has 0 spiro atoms. The molecule has 0 atom stereocenters. The van der Waals surface area contributed by atoms with Crippen molar-refractivity contribution in [2.45, 2.75) is 40.5 Å². The summed E-state index contributed by atoms with van der Waals surface area (Å²) in [5.41, 5.74) is 3.60. The highest BCUT2D eigenvalue weighted by molar-refractivity contribution is 5.75. The summed E-state index contributed by atoms with van der Waals surface area (Å²) in [4.78, 5) is 10.8. The van der Waals surface area contributed by atoms with Crippen molar-refractivity contribution in [3.63, 3.8) is 0 Å². The Morgan fingerprint density at radius 1 is 1.19 bits per heavy atom. The third-order valence-electron chi connectivity index (χ3n) is 2.79. The number of hydrogen-bond acceptors (Lipinski definition) is 2. The number of benzene rings is 1. The first-order valence-corrected chi connectivity index (χ1v) is 5.71. The smallest absolute Gasteiger partial charge is 0.129 e. The van der Waals surface area contributed by atoms with Crippen LogP contribution in [0.15, 0.2) is 12.1 Å². The SMILES string of the molecule is CC(=O)CCCOc1c(C)ccc(C)c1C. The zero-order valence-corrected chi connectivity index (χ0v) is 10.6. The Kier molecular flexibility index (Phi) is 4.53. The molecule has 1 aromatic rings. The van der Waals surface area contributed by atoms with Gasteiger partial charge in [-0.15, -0.1) is 0 Å². The molecule has 0 bridgehead atoms. The molecule has 2 nitrogen and oxygen atoms in total. The third-order valence-corrected chi connectivity index (χ3v) is 2.79. The van der Waals surface area contributed by atoms with Crippen LogP contribution in [0.1, 0.15) is 36.5 Å². The molecule has 0 heterocycles. The van der Waals surface area contributed by atoms with Crippen LogP contribution in [0.5, 0.6) is 5.75 Å². The van der Waals surface area contributed by atoms with E-state index in [9.17, 15) is 4.79 Å². The Bertz CT molecular complexity index is 381.